The molecule has 0 aliphatic heterocycles. The van der Waals surface area contributed by atoms with Crippen molar-refractivity contribution in [1.29, 1.82) is 0 Å². The number of amides is 1. The van der Waals surface area contributed by atoms with Gasteiger partial charge in [-0.15, -0.1) is 0 Å². The van der Waals surface area contributed by atoms with Crippen LogP contribution in [0.5, 0.6) is 17.2 Å². The first-order chi connectivity index (χ1) is 12.5. The summed E-state index contributed by atoms with van der Waals surface area (Å²) in [7, 11) is 7.14. The Hall–Kier alpha value is -2.73. The smallest absolute Gasteiger partial charge is 0.258 e. The van der Waals surface area contributed by atoms with Crippen molar-refractivity contribution in [3.05, 3.63) is 54.1 Å². The van der Waals surface area contributed by atoms with Crippen LogP contribution in [0.4, 0.5) is 0 Å². The number of carbonyl (C=O) groups is 1. The molecule has 0 spiro atoms. The van der Waals surface area contributed by atoms with Gasteiger partial charge in [0.1, 0.15) is 5.75 Å². The predicted molar refractivity (Wildman–Crippen MR) is 101 cm³/mol. The van der Waals surface area contributed by atoms with Gasteiger partial charge in [-0.25, -0.2) is 0 Å². The molecule has 0 aliphatic carbocycles. The zero-order chi connectivity index (χ0) is 18.9. The second-order valence-electron chi connectivity index (χ2n) is 6.00. The molecule has 0 bridgehead atoms. The summed E-state index contributed by atoms with van der Waals surface area (Å²) < 4.78 is 16.1. The Labute approximate surface area is 154 Å². The molecule has 0 aromatic heterocycles. The molecule has 1 N–H and O–H groups in total. The summed E-state index contributed by atoms with van der Waals surface area (Å²) in [4.78, 5) is 14.1. The molecule has 0 saturated carbocycles. The third kappa shape index (κ3) is 5.39. The number of nitrogens with zero attached hydrogens (tertiary/aromatic N) is 1. The van der Waals surface area contributed by atoms with Crippen molar-refractivity contribution in [3.8, 4) is 17.2 Å². The lowest BCUT2D eigenvalue weighted by molar-refractivity contribution is -0.123. The van der Waals surface area contributed by atoms with E-state index in [4.69, 9.17) is 14.2 Å². The largest absolute Gasteiger partial charge is 0.493 e. The fourth-order valence-corrected chi connectivity index (χ4v) is 2.59. The Kier molecular flexibility index (Phi) is 7.29. The van der Waals surface area contributed by atoms with Gasteiger partial charge in [0.25, 0.3) is 5.91 Å². The summed E-state index contributed by atoms with van der Waals surface area (Å²) in [6.07, 6.45) is 0. The maximum absolute atomic E-state index is 12.1. The standard InChI is InChI=1S/C20H26N2O4/c1-22(2)17(15-10-11-18(24-3)19(12-15)25-4)13-21-20(23)14-26-16-8-6-5-7-9-16/h5-12,17H,13-14H2,1-4H3,(H,21,23). The topological polar surface area (TPSA) is 60.0 Å². The highest BCUT2D eigenvalue weighted by Crippen LogP contribution is 2.31. The fourth-order valence-electron chi connectivity index (χ4n) is 2.59. The summed E-state index contributed by atoms with van der Waals surface area (Å²) in [5, 5.41) is 2.92. The molecule has 0 saturated heterocycles. The van der Waals surface area contributed by atoms with E-state index in [1.54, 1.807) is 14.2 Å². The third-order valence-corrected chi connectivity index (χ3v) is 4.02. The number of ether oxygens (including phenoxy) is 3. The van der Waals surface area contributed by atoms with E-state index < -0.39 is 0 Å². The van der Waals surface area contributed by atoms with Gasteiger partial charge in [0.05, 0.1) is 20.3 Å². The van der Waals surface area contributed by atoms with Crippen molar-refractivity contribution >= 4 is 5.91 Å². The van der Waals surface area contributed by atoms with Crippen molar-refractivity contribution in [2.45, 2.75) is 6.04 Å². The summed E-state index contributed by atoms with van der Waals surface area (Å²) >= 11 is 0. The Balaban J connectivity index is 1.96. The quantitative estimate of drug-likeness (QED) is 0.746. The van der Waals surface area contributed by atoms with Crippen LogP contribution in [0.1, 0.15) is 11.6 Å². The number of nitrogens with one attached hydrogen (secondary N) is 1. The second-order valence-corrected chi connectivity index (χ2v) is 6.00. The monoisotopic (exact) mass is 358 g/mol. The van der Waals surface area contributed by atoms with Gasteiger partial charge in [-0.2, -0.15) is 0 Å². The highest BCUT2D eigenvalue weighted by molar-refractivity contribution is 5.77. The summed E-state index contributed by atoms with van der Waals surface area (Å²) in [5.41, 5.74) is 1.02. The SMILES string of the molecule is COc1ccc(C(CNC(=O)COc2ccccc2)N(C)C)cc1OC. The lowest BCUT2D eigenvalue weighted by atomic mass is 10.1. The van der Waals surface area contributed by atoms with Crippen molar-refractivity contribution in [2.24, 2.45) is 0 Å². The van der Waals surface area contributed by atoms with Gasteiger partial charge in [0.2, 0.25) is 0 Å². The van der Waals surface area contributed by atoms with E-state index >= 15 is 0 Å². The van der Waals surface area contributed by atoms with Gasteiger partial charge in [0, 0.05) is 6.54 Å². The molecule has 0 radical (unpaired) electrons. The van der Waals surface area contributed by atoms with Gasteiger partial charge >= 0.3 is 0 Å². The molecule has 0 aliphatic rings. The number of rotatable bonds is 9. The molecule has 6 heteroatoms. The average Bonchev–Trinajstić information content (AvgIpc) is 2.66. The molecular weight excluding hydrogens is 332 g/mol. The van der Waals surface area contributed by atoms with Crippen LogP contribution in [0.3, 0.4) is 0 Å². The molecule has 2 aromatic carbocycles. The van der Waals surface area contributed by atoms with Crippen molar-refractivity contribution in [2.75, 3.05) is 41.5 Å². The van der Waals surface area contributed by atoms with Crippen LogP contribution in [0.25, 0.3) is 0 Å². The zero-order valence-electron chi connectivity index (χ0n) is 15.7. The molecule has 0 heterocycles. The first-order valence-corrected chi connectivity index (χ1v) is 8.38. The van der Waals surface area contributed by atoms with Crippen LogP contribution in [0.2, 0.25) is 0 Å². The Bertz CT molecular complexity index is 704. The van der Waals surface area contributed by atoms with E-state index in [1.165, 1.54) is 0 Å². The molecule has 26 heavy (non-hydrogen) atoms. The zero-order valence-corrected chi connectivity index (χ0v) is 15.7. The molecule has 1 unspecified atom stereocenters. The minimum Gasteiger partial charge on any atom is -0.493 e. The number of benzene rings is 2. The number of hydrogen-bond donors (Lipinski definition) is 1. The molecule has 140 valence electrons. The first-order valence-electron chi connectivity index (χ1n) is 8.38. The van der Waals surface area contributed by atoms with Crippen molar-refractivity contribution in [3.63, 3.8) is 0 Å². The van der Waals surface area contributed by atoms with Gasteiger partial charge in [-0.05, 0) is 43.9 Å². The molecule has 0 fully saturated rings. The lowest BCUT2D eigenvalue weighted by Crippen LogP contribution is -2.36. The van der Waals surface area contributed by atoms with Crippen LogP contribution in [-0.4, -0.2) is 52.3 Å². The van der Waals surface area contributed by atoms with E-state index in [-0.39, 0.29) is 18.6 Å². The maximum Gasteiger partial charge on any atom is 0.258 e. The van der Waals surface area contributed by atoms with Crippen LogP contribution >= 0.6 is 0 Å². The molecule has 2 aromatic rings. The van der Waals surface area contributed by atoms with Gasteiger partial charge in [-0.3, -0.25) is 4.79 Å². The van der Waals surface area contributed by atoms with Gasteiger partial charge < -0.3 is 24.4 Å². The second kappa shape index (κ2) is 9.68. The summed E-state index contributed by atoms with van der Waals surface area (Å²) in [6, 6.07) is 15.0. The number of hydrogen-bond acceptors (Lipinski definition) is 5. The van der Waals surface area contributed by atoms with Crippen LogP contribution < -0.4 is 19.5 Å². The Morgan fingerprint density at radius 2 is 1.73 bits per heavy atom. The number of para-hydroxylation sites is 1. The Morgan fingerprint density at radius 3 is 2.35 bits per heavy atom. The molecule has 2 rings (SSSR count). The number of carbonyl (C=O) groups excluding carboxylic acids is 1. The fraction of sp³-hybridized carbons (Fsp3) is 0.350. The predicted octanol–water partition coefficient (Wildman–Crippen LogP) is 2.50. The van der Waals surface area contributed by atoms with Crippen LogP contribution in [0.15, 0.2) is 48.5 Å². The minimum atomic E-state index is -0.166. The molecule has 6 nitrogen and oxygen atoms in total. The van der Waals surface area contributed by atoms with E-state index in [0.717, 1.165) is 5.56 Å². The van der Waals surface area contributed by atoms with Gasteiger partial charge in [-0.1, -0.05) is 24.3 Å². The van der Waals surface area contributed by atoms with Crippen LogP contribution in [0, 0.1) is 0 Å². The third-order valence-electron chi connectivity index (χ3n) is 4.02. The van der Waals surface area contributed by atoms with Crippen molar-refractivity contribution < 1.29 is 19.0 Å². The lowest BCUT2D eigenvalue weighted by Gasteiger charge is -2.26. The first kappa shape index (κ1) is 19.6. The van der Waals surface area contributed by atoms with Crippen molar-refractivity contribution in [1.82, 2.24) is 10.2 Å². The molecular formula is C20H26N2O4. The maximum atomic E-state index is 12.1. The number of methoxy groups -OCH3 is 2. The highest BCUT2D eigenvalue weighted by Gasteiger charge is 2.17. The molecule has 1 atom stereocenters. The minimum absolute atomic E-state index is 0.00418. The van der Waals surface area contributed by atoms with Crippen LogP contribution in [-0.2, 0) is 4.79 Å². The normalized spacial score (nSPS) is 11.7. The number of likely N-dealkylation sites (N-methyl/N-ethyl adjacent to an activating group) is 1. The van der Waals surface area contributed by atoms with Gasteiger partial charge in [0.15, 0.2) is 18.1 Å². The Morgan fingerprint density at radius 1 is 1.04 bits per heavy atom. The molecule has 1 amide bonds. The van der Waals surface area contributed by atoms with E-state index in [1.807, 2.05) is 67.5 Å². The average molecular weight is 358 g/mol. The van der Waals surface area contributed by atoms with E-state index in [2.05, 4.69) is 5.32 Å². The summed E-state index contributed by atoms with van der Waals surface area (Å²) in [6.45, 7) is 0.440. The highest BCUT2D eigenvalue weighted by atomic mass is 16.5. The summed E-state index contributed by atoms with van der Waals surface area (Å²) in [5.74, 6) is 1.84. The van der Waals surface area contributed by atoms with E-state index in [9.17, 15) is 4.79 Å². The van der Waals surface area contributed by atoms with E-state index in [0.29, 0.717) is 23.8 Å².